The predicted molar refractivity (Wildman–Crippen MR) is 113 cm³/mol. The second-order valence-electron chi connectivity index (χ2n) is 9.94. The lowest BCUT2D eigenvalue weighted by Gasteiger charge is -2.60. The molecule has 0 aromatic heterocycles. The molecule has 4 aliphatic rings. The monoisotopic (exact) mass is 426 g/mol. The van der Waals surface area contributed by atoms with Gasteiger partial charge in [-0.1, -0.05) is 19.0 Å². The van der Waals surface area contributed by atoms with Gasteiger partial charge in [-0.05, 0) is 61.7 Å². The maximum atomic E-state index is 13.6. The molecule has 0 radical (unpaired) electrons. The summed E-state index contributed by atoms with van der Waals surface area (Å²) in [6.45, 7) is 5.11. The number of fused-ring (bicyclic) bond motifs is 5. The summed E-state index contributed by atoms with van der Waals surface area (Å²) in [6, 6.07) is 0. The number of nitrogens with zero attached hydrogens (tertiary/aromatic N) is 1. The number of hydrogen-bond acceptors (Lipinski definition) is 6. The molecule has 4 saturated carbocycles. The molecule has 0 amide bonds. The molecule has 2 unspecified atom stereocenters. The van der Waals surface area contributed by atoms with Crippen LogP contribution < -0.4 is 5.73 Å². The first-order valence-corrected chi connectivity index (χ1v) is 10.9. The first-order valence-electron chi connectivity index (χ1n) is 10.9. The number of oxime groups is 1. The average Bonchev–Trinajstić information content (AvgIpc) is 2.98. The lowest BCUT2D eigenvalue weighted by atomic mass is 9.43. The molecule has 0 bridgehead atoms. The minimum absolute atomic E-state index is 0. The summed E-state index contributed by atoms with van der Waals surface area (Å²) >= 11 is 0. The Hall–Kier alpha value is -0.980. The molecular weight excluding hydrogens is 392 g/mol. The molecule has 0 heterocycles. The molecular formula is C22H35ClN2O4. The van der Waals surface area contributed by atoms with Crippen LogP contribution in [0.25, 0.3) is 0 Å². The molecule has 0 aromatic carbocycles. The highest BCUT2D eigenvalue weighted by molar-refractivity contribution is 5.93. The van der Waals surface area contributed by atoms with Gasteiger partial charge in [0.15, 0.2) is 0 Å². The molecule has 29 heavy (non-hydrogen) atoms. The van der Waals surface area contributed by atoms with Crippen molar-refractivity contribution in [1.29, 1.82) is 0 Å². The van der Waals surface area contributed by atoms with Gasteiger partial charge in [0.05, 0.1) is 12.3 Å². The molecule has 3 N–H and O–H groups in total. The number of carbonyl (C=O) groups excluding carboxylic acids is 2. The number of aliphatic hydroxyl groups excluding tert-OH is 1. The molecule has 6 nitrogen and oxygen atoms in total. The normalized spacial score (nSPS) is 45.2. The Bertz CT molecular complexity index is 698. The van der Waals surface area contributed by atoms with Gasteiger partial charge in [-0.2, -0.15) is 0 Å². The van der Waals surface area contributed by atoms with E-state index in [1.54, 1.807) is 0 Å². The Kier molecular flexibility index (Phi) is 6.48. The van der Waals surface area contributed by atoms with Crippen molar-refractivity contribution in [2.24, 2.45) is 51.3 Å². The zero-order valence-electron chi connectivity index (χ0n) is 17.6. The first-order chi connectivity index (χ1) is 13.4. The van der Waals surface area contributed by atoms with Crippen molar-refractivity contribution in [3.63, 3.8) is 0 Å². The van der Waals surface area contributed by atoms with E-state index in [1.165, 1.54) is 0 Å². The molecule has 4 fully saturated rings. The van der Waals surface area contributed by atoms with E-state index in [0.29, 0.717) is 37.7 Å². The highest BCUT2D eigenvalue weighted by Gasteiger charge is 2.64. The van der Waals surface area contributed by atoms with E-state index < -0.39 is 0 Å². The van der Waals surface area contributed by atoms with Gasteiger partial charge in [0, 0.05) is 30.2 Å². The number of aliphatic hydroxyl groups is 1. The van der Waals surface area contributed by atoms with E-state index in [1.807, 2.05) is 0 Å². The van der Waals surface area contributed by atoms with Gasteiger partial charge in [-0.3, -0.25) is 9.59 Å². The van der Waals surface area contributed by atoms with Crippen LogP contribution in [0.5, 0.6) is 0 Å². The van der Waals surface area contributed by atoms with Crippen molar-refractivity contribution in [3.05, 3.63) is 0 Å². The Morgan fingerprint density at radius 3 is 2.59 bits per heavy atom. The number of rotatable bonds is 4. The van der Waals surface area contributed by atoms with Gasteiger partial charge >= 0.3 is 0 Å². The zero-order chi connectivity index (χ0) is 20.1. The van der Waals surface area contributed by atoms with Crippen molar-refractivity contribution < 1.29 is 19.5 Å². The van der Waals surface area contributed by atoms with Crippen LogP contribution in [0.3, 0.4) is 0 Å². The zero-order valence-corrected chi connectivity index (χ0v) is 18.4. The standard InChI is InChI=1S/C22H34N2O4.ClH/c1-21-7-5-13(24-28-10-9-23)11-17(21)14(12-25)20(27)19-15-3-4-18(26)22(15,2)8-6-16(19)21;/h14-17,19,25H,3-12,23H2,1-2H3;1H/t14?,15-,16+,17?,19-,21+,22-;/m0./s1. The number of carbonyl (C=O) groups is 2. The number of ketones is 2. The molecule has 7 heteroatoms. The van der Waals surface area contributed by atoms with Gasteiger partial charge in [0.25, 0.3) is 0 Å². The lowest BCUT2D eigenvalue weighted by Crippen LogP contribution is -2.61. The number of Topliss-reactive ketones (excluding diaryl/α,β-unsaturated/α-hetero) is 2. The van der Waals surface area contributed by atoms with Gasteiger partial charge in [0.2, 0.25) is 0 Å². The van der Waals surface area contributed by atoms with Crippen LogP contribution in [0.4, 0.5) is 0 Å². The average molecular weight is 427 g/mol. The topological polar surface area (TPSA) is 102 Å². The van der Waals surface area contributed by atoms with E-state index in [0.717, 1.165) is 37.8 Å². The Labute approximate surface area is 179 Å². The fraction of sp³-hybridized carbons (Fsp3) is 0.864. The van der Waals surface area contributed by atoms with Crippen LogP contribution in [-0.4, -0.2) is 42.1 Å². The van der Waals surface area contributed by atoms with E-state index in [9.17, 15) is 14.7 Å². The second-order valence-corrected chi connectivity index (χ2v) is 9.94. The number of nitrogens with two attached hydrogens (primary N) is 1. The quantitative estimate of drug-likeness (QED) is 0.531. The number of halogens is 1. The van der Waals surface area contributed by atoms with Gasteiger partial charge < -0.3 is 15.7 Å². The summed E-state index contributed by atoms with van der Waals surface area (Å²) in [5.74, 6) is 0.669. The van der Waals surface area contributed by atoms with Crippen molar-refractivity contribution in [1.82, 2.24) is 0 Å². The smallest absolute Gasteiger partial charge is 0.142 e. The van der Waals surface area contributed by atoms with Crippen molar-refractivity contribution in [2.45, 2.75) is 58.8 Å². The highest BCUT2D eigenvalue weighted by atomic mass is 35.5. The van der Waals surface area contributed by atoms with Crippen molar-refractivity contribution >= 4 is 29.7 Å². The molecule has 4 aliphatic carbocycles. The summed E-state index contributed by atoms with van der Waals surface area (Å²) in [7, 11) is 0. The van der Waals surface area contributed by atoms with Gasteiger partial charge in [0.1, 0.15) is 18.2 Å². The van der Waals surface area contributed by atoms with E-state index in [4.69, 9.17) is 10.6 Å². The van der Waals surface area contributed by atoms with E-state index in [2.05, 4.69) is 19.0 Å². The molecule has 4 rings (SSSR count). The fourth-order valence-corrected chi connectivity index (χ4v) is 7.24. The lowest BCUT2D eigenvalue weighted by molar-refractivity contribution is -0.166. The summed E-state index contributed by atoms with van der Waals surface area (Å²) in [6.07, 6.45) is 5.83. The fourth-order valence-electron chi connectivity index (χ4n) is 7.24. The molecule has 0 spiro atoms. The van der Waals surface area contributed by atoms with Crippen molar-refractivity contribution in [3.8, 4) is 0 Å². The summed E-state index contributed by atoms with van der Waals surface area (Å²) < 4.78 is 0. The van der Waals surface area contributed by atoms with E-state index in [-0.39, 0.29) is 59.3 Å². The maximum Gasteiger partial charge on any atom is 0.142 e. The van der Waals surface area contributed by atoms with Gasteiger partial charge in [-0.25, -0.2) is 0 Å². The minimum Gasteiger partial charge on any atom is -0.396 e. The largest absolute Gasteiger partial charge is 0.396 e. The summed E-state index contributed by atoms with van der Waals surface area (Å²) in [4.78, 5) is 31.5. The maximum absolute atomic E-state index is 13.6. The number of hydrogen-bond donors (Lipinski definition) is 2. The Morgan fingerprint density at radius 2 is 1.90 bits per heavy atom. The van der Waals surface area contributed by atoms with Crippen LogP contribution in [0.2, 0.25) is 0 Å². The molecule has 0 aromatic rings. The third kappa shape index (κ3) is 3.35. The predicted octanol–water partition coefficient (Wildman–Crippen LogP) is 2.75. The van der Waals surface area contributed by atoms with Crippen molar-refractivity contribution in [2.75, 3.05) is 19.8 Å². The second kappa shape index (κ2) is 8.27. The third-order valence-corrected chi connectivity index (χ3v) is 8.86. The highest BCUT2D eigenvalue weighted by Crippen LogP contribution is 2.65. The van der Waals surface area contributed by atoms with Crippen LogP contribution in [-0.2, 0) is 14.4 Å². The Morgan fingerprint density at radius 1 is 1.14 bits per heavy atom. The van der Waals surface area contributed by atoms with Crippen LogP contribution in [0.1, 0.15) is 58.8 Å². The molecule has 0 aliphatic heterocycles. The summed E-state index contributed by atoms with van der Waals surface area (Å²) in [5.41, 5.74) is 6.13. The third-order valence-electron chi connectivity index (χ3n) is 8.86. The SMILES string of the molecule is C[C@]12CCC(=NOCCN)CC1C(CO)C(=O)[C@@H]1[C@H]2CC[C@]2(C)C(=O)CC[C@@H]12.Cl. The van der Waals surface area contributed by atoms with E-state index >= 15 is 0 Å². The van der Waals surface area contributed by atoms with Crippen LogP contribution >= 0.6 is 12.4 Å². The molecule has 164 valence electrons. The van der Waals surface area contributed by atoms with Crippen LogP contribution in [0.15, 0.2) is 5.16 Å². The summed E-state index contributed by atoms with van der Waals surface area (Å²) in [5, 5.41) is 14.5. The minimum atomic E-state index is -0.357. The Balaban J connectivity index is 0.00000240. The van der Waals surface area contributed by atoms with Crippen LogP contribution in [0, 0.1) is 40.4 Å². The molecule has 0 saturated heterocycles. The first kappa shape index (κ1) is 22.7. The van der Waals surface area contributed by atoms with Gasteiger partial charge in [-0.15, -0.1) is 12.4 Å². The molecule has 7 atom stereocenters.